The van der Waals surface area contributed by atoms with Gasteiger partial charge in [-0.05, 0) is 47.9 Å². The molecule has 0 aliphatic carbocycles. The summed E-state index contributed by atoms with van der Waals surface area (Å²) in [6, 6.07) is 9.80. The van der Waals surface area contributed by atoms with Crippen molar-refractivity contribution in [1.29, 1.82) is 0 Å². The van der Waals surface area contributed by atoms with Crippen molar-refractivity contribution >= 4 is 28.8 Å². The van der Waals surface area contributed by atoms with E-state index < -0.39 is 0 Å². The maximum Gasteiger partial charge on any atom is 0.123 e. The molecule has 0 unspecified atom stereocenters. The third-order valence-corrected chi connectivity index (χ3v) is 3.72. The molecule has 0 saturated carbocycles. The molecule has 110 valence electrons. The van der Waals surface area contributed by atoms with E-state index in [4.69, 9.17) is 34.3 Å². The van der Waals surface area contributed by atoms with E-state index in [2.05, 4.69) is 0 Å². The summed E-state index contributed by atoms with van der Waals surface area (Å²) in [6.07, 6.45) is 0.824. The lowest BCUT2D eigenvalue weighted by Gasteiger charge is -2.12. The molecule has 0 aliphatic heterocycles. The molecule has 21 heavy (non-hydrogen) atoms. The highest BCUT2D eigenvalue weighted by Crippen LogP contribution is 2.23. The number of hydrogen-bond acceptors (Lipinski definition) is 2. The van der Waals surface area contributed by atoms with E-state index in [9.17, 15) is 4.39 Å². The van der Waals surface area contributed by atoms with Gasteiger partial charge in [0, 0.05) is 10.6 Å². The second-order valence-corrected chi connectivity index (χ2v) is 5.41. The fourth-order valence-electron chi connectivity index (χ4n) is 1.98. The quantitative estimate of drug-likeness (QED) is 0.835. The van der Waals surface area contributed by atoms with Gasteiger partial charge in [-0.15, -0.1) is 0 Å². The summed E-state index contributed by atoms with van der Waals surface area (Å²) < 4.78 is 19.0. The van der Waals surface area contributed by atoms with Crippen LogP contribution in [0.25, 0.3) is 0 Å². The first kappa shape index (κ1) is 15.7. The topological polar surface area (TPSA) is 35.2 Å². The number of ether oxygens (including phenoxy) is 1. The zero-order chi connectivity index (χ0) is 15.4. The number of rotatable bonds is 5. The van der Waals surface area contributed by atoms with Crippen LogP contribution in [-0.2, 0) is 13.0 Å². The Hall–Kier alpha value is -1.65. The van der Waals surface area contributed by atoms with Crippen LogP contribution in [0.3, 0.4) is 0 Å². The SMILES string of the molecule is CCc1cc(OCc2ccc(F)cc2C(N)=S)ccc1Cl. The first-order valence-corrected chi connectivity index (χ1v) is 7.29. The maximum absolute atomic E-state index is 13.2. The second-order valence-electron chi connectivity index (χ2n) is 4.56. The standard InChI is InChI=1S/C16H15ClFNOS/c1-2-10-7-13(5-6-15(10)17)20-9-11-3-4-12(18)8-14(11)16(19)21/h3-8H,2,9H2,1H3,(H2,19,21). The van der Waals surface area contributed by atoms with E-state index in [1.165, 1.54) is 12.1 Å². The van der Waals surface area contributed by atoms with E-state index in [1.807, 2.05) is 13.0 Å². The molecule has 0 fully saturated rings. The Bertz CT molecular complexity index is 675. The molecule has 0 bridgehead atoms. The first-order valence-electron chi connectivity index (χ1n) is 6.50. The van der Waals surface area contributed by atoms with Crippen molar-refractivity contribution in [2.75, 3.05) is 0 Å². The molecule has 0 saturated heterocycles. The smallest absolute Gasteiger partial charge is 0.123 e. The van der Waals surface area contributed by atoms with Crippen LogP contribution in [0.2, 0.25) is 5.02 Å². The van der Waals surface area contributed by atoms with Crippen LogP contribution in [0.1, 0.15) is 23.6 Å². The lowest BCUT2D eigenvalue weighted by molar-refractivity contribution is 0.305. The first-order chi connectivity index (χ1) is 10.0. The Kier molecular flexibility index (Phi) is 5.15. The molecular formula is C16H15ClFNOS. The predicted octanol–water partition coefficient (Wildman–Crippen LogP) is 4.25. The largest absolute Gasteiger partial charge is 0.489 e. The number of hydrogen-bond donors (Lipinski definition) is 1. The highest BCUT2D eigenvalue weighted by molar-refractivity contribution is 7.80. The summed E-state index contributed by atoms with van der Waals surface area (Å²) in [4.78, 5) is 0.151. The van der Waals surface area contributed by atoms with Crippen molar-refractivity contribution in [3.8, 4) is 5.75 Å². The molecule has 2 aromatic rings. The van der Waals surface area contributed by atoms with Crippen LogP contribution in [0, 0.1) is 5.82 Å². The molecule has 0 atom stereocenters. The Morgan fingerprint density at radius 1 is 1.24 bits per heavy atom. The number of halogens is 2. The molecule has 2 N–H and O–H groups in total. The molecular weight excluding hydrogens is 309 g/mol. The van der Waals surface area contributed by atoms with E-state index in [0.717, 1.165) is 22.6 Å². The van der Waals surface area contributed by atoms with Gasteiger partial charge in [-0.1, -0.05) is 36.8 Å². The summed E-state index contributed by atoms with van der Waals surface area (Å²) in [5.74, 6) is 0.329. The molecule has 0 amide bonds. The van der Waals surface area contributed by atoms with Crippen LogP contribution in [0.15, 0.2) is 36.4 Å². The summed E-state index contributed by atoms with van der Waals surface area (Å²) in [7, 11) is 0. The van der Waals surface area contributed by atoms with E-state index in [0.29, 0.717) is 11.3 Å². The maximum atomic E-state index is 13.2. The van der Waals surface area contributed by atoms with Crippen molar-refractivity contribution < 1.29 is 9.13 Å². The van der Waals surface area contributed by atoms with Crippen LogP contribution < -0.4 is 10.5 Å². The van der Waals surface area contributed by atoms with E-state index in [1.54, 1.807) is 18.2 Å². The fourth-order valence-corrected chi connectivity index (χ4v) is 2.42. The molecule has 5 heteroatoms. The van der Waals surface area contributed by atoms with Gasteiger partial charge >= 0.3 is 0 Å². The zero-order valence-electron chi connectivity index (χ0n) is 11.5. The minimum atomic E-state index is -0.374. The molecule has 2 aromatic carbocycles. The van der Waals surface area contributed by atoms with Gasteiger partial charge in [-0.2, -0.15) is 0 Å². The molecule has 0 aliphatic rings. The second kappa shape index (κ2) is 6.87. The highest BCUT2D eigenvalue weighted by Gasteiger charge is 2.08. The van der Waals surface area contributed by atoms with Gasteiger partial charge in [-0.25, -0.2) is 4.39 Å². The van der Waals surface area contributed by atoms with Crippen LogP contribution >= 0.6 is 23.8 Å². The molecule has 0 aromatic heterocycles. The van der Waals surface area contributed by atoms with Gasteiger partial charge < -0.3 is 10.5 Å². The average Bonchev–Trinajstić information content (AvgIpc) is 2.47. The van der Waals surface area contributed by atoms with Crippen molar-refractivity contribution in [2.24, 2.45) is 5.73 Å². The minimum absolute atomic E-state index is 0.151. The van der Waals surface area contributed by atoms with E-state index >= 15 is 0 Å². The molecule has 0 heterocycles. The molecule has 2 rings (SSSR count). The van der Waals surface area contributed by atoms with Crippen LogP contribution in [-0.4, -0.2) is 4.99 Å². The number of nitrogens with two attached hydrogens (primary N) is 1. The van der Waals surface area contributed by atoms with Crippen LogP contribution in [0.4, 0.5) is 4.39 Å². The highest BCUT2D eigenvalue weighted by atomic mass is 35.5. The number of benzene rings is 2. The summed E-state index contributed by atoms with van der Waals surface area (Å²) >= 11 is 11.0. The Labute approximate surface area is 133 Å². The molecule has 0 spiro atoms. The summed E-state index contributed by atoms with van der Waals surface area (Å²) in [6.45, 7) is 2.29. The Morgan fingerprint density at radius 3 is 2.67 bits per heavy atom. The van der Waals surface area contributed by atoms with Crippen LogP contribution in [0.5, 0.6) is 5.75 Å². The van der Waals surface area contributed by atoms with Gasteiger partial charge in [0.1, 0.15) is 23.2 Å². The van der Waals surface area contributed by atoms with Crippen molar-refractivity contribution in [3.63, 3.8) is 0 Å². The average molecular weight is 324 g/mol. The summed E-state index contributed by atoms with van der Waals surface area (Å²) in [5.41, 5.74) is 7.87. The van der Waals surface area contributed by atoms with Gasteiger partial charge in [0.2, 0.25) is 0 Å². The van der Waals surface area contributed by atoms with Crippen molar-refractivity contribution in [2.45, 2.75) is 20.0 Å². The third kappa shape index (κ3) is 3.93. The molecule has 0 radical (unpaired) electrons. The fraction of sp³-hybridized carbons (Fsp3) is 0.188. The van der Waals surface area contributed by atoms with Gasteiger partial charge in [0.15, 0.2) is 0 Å². The lowest BCUT2D eigenvalue weighted by Crippen LogP contribution is -2.14. The summed E-state index contributed by atoms with van der Waals surface area (Å²) in [5, 5.41) is 0.718. The van der Waals surface area contributed by atoms with Gasteiger partial charge in [-0.3, -0.25) is 0 Å². The monoisotopic (exact) mass is 323 g/mol. The van der Waals surface area contributed by atoms with E-state index in [-0.39, 0.29) is 17.4 Å². The number of aryl methyl sites for hydroxylation is 1. The van der Waals surface area contributed by atoms with Crippen molar-refractivity contribution in [1.82, 2.24) is 0 Å². The zero-order valence-corrected chi connectivity index (χ0v) is 13.1. The van der Waals surface area contributed by atoms with Gasteiger partial charge in [0.05, 0.1) is 0 Å². The minimum Gasteiger partial charge on any atom is -0.489 e. The predicted molar refractivity (Wildman–Crippen MR) is 87.4 cm³/mol. The van der Waals surface area contributed by atoms with Gasteiger partial charge in [0.25, 0.3) is 0 Å². The Balaban J connectivity index is 2.18. The Morgan fingerprint density at radius 2 is 2.00 bits per heavy atom. The normalized spacial score (nSPS) is 10.4. The number of thiocarbonyl (C=S) groups is 1. The lowest BCUT2D eigenvalue weighted by atomic mass is 10.1. The molecule has 2 nitrogen and oxygen atoms in total. The van der Waals surface area contributed by atoms with Crippen molar-refractivity contribution in [3.05, 3.63) is 63.9 Å². The third-order valence-electron chi connectivity index (χ3n) is 3.13.